The molecule has 1 heterocycles. The first-order valence-corrected chi connectivity index (χ1v) is 2.71. The summed E-state index contributed by atoms with van der Waals surface area (Å²) >= 11 is 4.69. The third-order valence-electron chi connectivity index (χ3n) is 0.852. The molecule has 0 spiro atoms. The molecule has 0 aliphatic carbocycles. The van der Waals surface area contributed by atoms with Crippen LogP contribution in [0.2, 0.25) is 0 Å². The number of hydrogen-bond donors (Lipinski definition) is 2. The SMILES string of the molecule is Nc1ccn(N)c(=S)n1. The summed E-state index contributed by atoms with van der Waals surface area (Å²) in [6.45, 7) is 0. The molecule has 48 valence electrons. The molecule has 4 nitrogen and oxygen atoms in total. The fraction of sp³-hybridized carbons (Fsp3) is 0. The van der Waals surface area contributed by atoms with Gasteiger partial charge in [0.25, 0.3) is 0 Å². The van der Waals surface area contributed by atoms with Crippen molar-refractivity contribution in [2.45, 2.75) is 0 Å². The highest BCUT2D eigenvalue weighted by Crippen LogP contribution is 1.91. The summed E-state index contributed by atoms with van der Waals surface area (Å²) in [5.41, 5.74) is 5.28. The summed E-state index contributed by atoms with van der Waals surface area (Å²) in [4.78, 5) is 3.70. The Labute approximate surface area is 57.1 Å². The maximum absolute atomic E-state index is 5.28. The smallest absolute Gasteiger partial charge is 0.220 e. The third kappa shape index (κ3) is 1.17. The number of nitrogens with two attached hydrogens (primary N) is 2. The Morgan fingerprint density at radius 3 is 2.78 bits per heavy atom. The molecule has 0 saturated carbocycles. The first-order valence-electron chi connectivity index (χ1n) is 2.30. The van der Waals surface area contributed by atoms with E-state index < -0.39 is 0 Å². The molecule has 1 rings (SSSR count). The summed E-state index contributed by atoms with van der Waals surface area (Å²) in [6.07, 6.45) is 1.56. The monoisotopic (exact) mass is 142 g/mol. The van der Waals surface area contributed by atoms with E-state index in [4.69, 9.17) is 11.6 Å². The van der Waals surface area contributed by atoms with Crippen LogP contribution in [-0.2, 0) is 0 Å². The molecule has 1 aromatic rings. The van der Waals surface area contributed by atoms with Gasteiger partial charge in [-0.05, 0) is 18.3 Å². The van der Waals surface area contributed by atoms with Gasteiger partial charge >= 0.3 is 0 Å². The molecule has 4 N–H and O–H groups in total. The molecule has 0 unspecified atom stereocenters. The van der Waals surface area contributed by atoms with Crippen molar-refractivity contribution in [3.63, 3.8) is 0 Å². The van der Waals surface area contributed by atoms with Crippen molar-refractivity contribution in [3.8, 4) is 0 Å². The Morgan fingerprint density at radius 2 is 2.33 bits per heavy atom. The van der Waals surface area contributed by atoms with E-state index in [1.54, 1.807) is 12.3 Å². The Morgan fingerprint density at radius 1 is 1.67 bits per heavy atom. The van der Waals surface area contributed by atoms with E-state index in [1.807, 2.05) is 0 Å². The van der Waals surface area contributed by atoms with Crippen LogP contribution in [0.15, 0.2) is 12.3 Å². The summed E-state index contributed by atoms with van der Waals surface area (Å²) in [5, 5.41) is 0. The number of nitrogen functional groups attached to an aromatic ring is 2. The number of aromatic nitrogens is 2. The lowest BCUT2D eigenvalue weighted by atomic mass is 10.6. The van der Waals surface area contributed by atoms with E-state index in [1.165, 1.54) is 4.68 Å². The fourth-order valence-electron chi connectivity index (χ4n) is 0.426. The number of nitrogens with zero attached hydrogens (tertiary/aromatic N) is 2. The maximum atomic E-state index is 5.28. The summed E-state index contributed by atoms with van der Waals surface area (Å²) in [5.74, 6) is 5.67. The van der Waals surface area contributed by atoms with Crippen molar-refractivity contribution in [2.24, 2.45) is 0 Å². The Hall–Kier alpha value is -1.10. The summed E-state index contributed by atoms with van der Waals surface area (Å²) in [6, 6.07) is 1.58. The van der Waals surface area contributed by atoms with Crippen LogP contribution in [0.4, 0.5) is 5.82 Å². The van der Waals surface area contributed by atoms with Crippen LogP contribution in [0.5, 0.6) is 0 Å². The first kappa shape index (κ1) is 6.03. The molecule has 0 bridgehead atoms. The van der Waals surface area contributed by atoms with Gasteiger partial charge in [0.05, 0.1) is 0 Å². The van der Waals surface area contributed by atoms with E-state index in [2.05, 4.69) is 17.2 Å². The van der Waals surface area contributed by atoms with Crippen molar-refractivity contribution in [1.29, 1.82) is 0 Å². The summed E-state index contributed by atoms with van der Waals surface area (Å²) in [7, 11) is 0. The molecule has 0 aromatic carbocycles. The predicted molar refractivity (Wildman–Crippen MR) is 37.6 cm³/mol. The first-order chi connectivity index (χ1) is 4.20. The minimum absolute atomic E-state index is 0.287. The normalized spacial score (nSPS) is 9.33. The zero-order valence-corrected chi connectivity index (χ0v) is 5.43. The fourth-order valence-corrected chi connectivity index (χ4v) is 0.592. The van der Waals surface area contributed by atoms with Gasteiger partial charge in [0.15, 0.2) is 0 Å². The molecule has 0 saturated heterocycles. The van der Waals surface area contributed by atoms with Crippen LogP contribution in [0.25, 0.3) is 0 Å². The Bertz CT molecular complexity index is 266. The van der Waals surface area contributed by atoms with Crippen molar-refractivity contribution < 1.29 is 0 Å². The van der Waals surface area contributed by atoms with Crippen LogP contribution in [0.1, 0.15) is 0 Å². The van der Waals surface area contributed by atoms with Gasteiger partial charge in [0.1, 0.15) is 5.82 Å². The average molecular weight is 142 g/mol. The van der Waals surface area contributed by atoms with Crippen molar-refractivity contribution in [1.82, 2.24) is 9.66 Å². The van der Waals surface area contributed by atoms with Gasteiger partial charge in [0.2, 0.25) is 4.77 Å². The standard InChI is InChI=1S/C4H6N4S/c5-3-1-2-8(6)4(9)7-3/h1-2H,6H2,(H2,5,7,9). The molecule has 0 aliphatic rings. The lowest BCUT2D eigenvalue weighted by Gasteiger charge is -1.95. The molecule has 0 aliphatic heterocycles. The lowest BCUT2D eigenvalue weighted by molar-refractivity contribution is 0.915. The third-order valence-corrected chi connectivity index (χ3v) is 1.15. The molecule has 0 radical (unpaired) electrons. The Balaban J connectivity index is 3.34. The topological polar surface area (TPSA) is 69.9 Å². The average Bonchev–Trinajstić information content (AvgIpc) is 1.80. The second-order valence-electron chi connectivity index (χ2n) is 1.54. The van der Waals surface area contributed by atoms with Gasteiger partial charge in [-0.3, -0.25) is 0 Å². The van der Waals surface area contributed by atoms with Crippen LogP contribution in [-0.4, -0.2) is 9.66 Å². The minimum Gasteiger partial charge on any atom is -0.384 e. The van der Waals surface area contributed by atoms with E-state index in [-0.39, 0.29) is 4.77 Å². The van der Waals surface area contributed by atoms with Crippen molar-refractivity contribution in [2.75, 3.05) is 11.6 Å². The van der Waals surface area contributed by atoms with Gasteiger partial charge in [-0.25, -0.2) is 9.66 Å². The van der Waals surface area contributed by atoms with Crippen molar-refractivity contribution in [3.05, 3.63) is 17.0 Å². The number of rotatable bonds is 0. The molecule has 9 heavy (non-hydrogen) atoms. The van der Waals surface area contributed by atoms with Crippen LogP contribution < -0.4 is 11.6 Å². The molecule has 0 fully saturated rings. The zero-order chi connectivity index (χ0) is 6.85. The van der Waals surface area contributed by atoms with E-state index in [9.17, 15) is 0 Å². The maximum Gasteiger partial charge on any atom is 0.220 e. The largest absolute Gasteiger partial charge is 0.384 e. The van der Waals surface area contributed by atoms with Crippen LogP contribution in [0.3, 0.4) is 0 Å². The van der Waals surface area contributed by atoms with Crippen molar-refractivity contribution >= 4 is 18.0 Å². The van der Waals surface area contributed by atoms with E-state index in [0.29, 0.717) is 5.82 Å². The van der Waals surface area contributed by atoms with Gasteiger partial charge in [0, 0.05) is 6.20 Å². The second-order valence-corrected chi connectivity index (χ2v) is 1.91. The van der Waals surface area contributed by atoms with E-state index >= 15 is 0 Å². The quantitative estimate of drug-likeness (QED) is 0.392. The molecule has 0 amide bonds. The molecule has 5 heteroatoms. The number of hydrogen-bond acceptors (Lipinski definition) is 4. The van der Waals surface area contributed by atoms with E-state index in [0.717, 1.165) is 0 Å². The molecular formula is C4H6N4S. The van der Waals surface area contributed by atoms with Gasteiger partial charge in [-0.1, -0.05) is 0 Å². The highest BCUT2D eigenvalue weighted by molar-refractivity contribution is 7.71. The summed E-state index contributed by atoms with van der Waals surface area (Å²) < 4.78 is 1.51. The van der Waals surface area contributed by atoms with Gasteiger partial charge in [-0.15, -0.1) is 0 Å². The van der Waals surface area contributed by atoms with Gasteiger partial charge in [-0.2, -0.15) is 0 Å². The zero-order valence-electron chi connectivity index (χ0n) is 4.61. The molecule has 0 atom stereocenters. The Kier molecular flexibility index (Phi) is 1.35. The molecule has 1 aromatic heterocycles. The second kappa shape index (κ2) is 2.02. The van der Waals surface area contributed by atoms with Crippen LogP contribution in [0, 0.1) is 4.77 Å². The van der Waals surface area contributed by atoms with Gasteiger partial charge < -0.3 is 11.6 Å². The predicted octanol–water partition coefficient (Wildman–Crippen LogP) is -0.0914. The minimum atomic E-state index is 0.287. The van der Waals surface area contributed by atoms with Crippen LogP contribution >= 0.6 is 12.2 Å². The highest BCUT2D eigenvalue weighted by atomic mass is 32.1. The lowest BCUT2D eigenvalue weighted by Crippen LogP contribution is -2.11. The number of anilines is 1. The molecular weight excluding hydrogens is 136 g/mol. The highest BCUT2D eigenvalue weighted by Gasteiger charge is 1.85.